The third-order valence-electron chi connectivity index (χ3n) is 9.26. The summed E-state index contributed by atoms with van der Waals surface area (Å²) in [5.74, 6) is 1.12. The number of hydrogen-bond acceptors (Lipinski definition) is 4. The van der Waals surface area contributed by atoms with Gasteiger partial charge in [0.05, 0.1) is 5.56 Å². The van der Waals surface area contributed by atoms with Gasteiger partial charge in [0.2, 0.25) is 0 Å². The van der Waals surface area contributed by atoms with Crippen LogP contribution in [-0.2, 0) is 0 Å². The summed E-state index contributed by atoms with van der Waals surface area (Å²) in [5.41, 5.74) is 4.58. The number of rotatable bonds is 6. The van der Waals surface area contributed by atoms with E-state index < -0.39 is 0 Å². The number of ketones is 1. The molecule has 3 fully saturated rings. The fourth-order valence-corrected chi connectivity index (χ4v) is 7.13. The molecule has 38 heavy (non-hydrogen) atoms. The fraction of sp³-hybridized carbons (Fsp3) is 0.312. The highest BCUT2D eigenvalue weighted by molar-refractivity contribution is 6.12. The zero-order valence-electron chi connectivity index (χ0n) is 21.3. The smallest absolute Gasteiger partial charge is 0.255 e. The second kappa shape index (κ2) is 8.63. The maximum absolute atomic E-state index is 13.5. The molecular formula is C32H29FN2O3. The monoisotopic (exact) mass is 508 g/mol. The number of carbonyl (C=O) groups is 2. The van der Waals surface area contributed by atoms with Gasteiger partial charge in [-0.05, 0) is 84.7 Å². The first kappa shape index (κ1) is 23.4. The fourth-order valence-electron chi connectivity index (χ4n) is 7.13. The van der Waals surface area contributed by atoms with Crippen LogP contribution in [-0.4, -0.2) is 42.3 Å². The number of furan rings is 1. The number of hydrogen-bond donors (Lipinski definition) is 1. The molecule has 2 aliphatic heterocycles. The van der Waals surface area contributed by atoms with E-state index in [2.05, 4.69) is 10.2 Å². The van der Waals surface area contributed by atoms with E-state index in [0.717, 1.165) is 23.2 Å². The van der Waals surface area contributed by atoms with Crippen LogP contribution in [0.5, 0.6) is 0 Å². The topological polar surface area (TPSA) is 62.6 Å². The molecule has 4 aromatic rings. The lowest BCUT2D eigenvalue weighted by Gasteiger charge is -2.58. The van der Waals surface area contributed by atoms with Crippen LogP contribution in [0, 0.1) is 17.7 Å². The van der Waals surface area contributed by atoms with Crippen molar-refractivity contribution in [1.29, 1.82) is 0 Å². The van der Waals surface area contributed by atoms with Crippen LogP contribution in [0.4, 0.5) is 4.39 Å². The van der Waals surface area contributed by atoms with Gasteiger partial charge in [0.15, 0.2) is 5.78 Å². The van der Waals surface area contributed by atoms with Crippen molar-refractivity contribution in [3.8, 4) is 22.5 Å². The number of carbonyl (C=O) groups excluding carboxylic acids is 2. The van der Waals surface area contributed by atoms with Crippen LogP contribution in [0.25, 0.3) is 33.4 Å². The van der Waals surface area contributed by atoms with E-state index in [1.54, 1.807) is 19.2 Å². The van der Waals surface area contributed by atoms with E-state index >= 15 is 0 Å². The van der Waals surface area contributed by atoms with E-state index in [9.17, 15) is 14.0 Å². The highest BCUT2D eigenvalue weighted by Crippen LogP contribution is 2.60. The van der Waals surface area contributed by atoms with Gasteiger partial charge in [-0.1, -0.05) is 24.3 Å². The number of amides is 1. The van der Waals surface area contributed by atoms with Crippen LogP contribution < -0.4 is 5.32 Å². The normalized spacial score (nSPS) is 23.8. The number of nitrogens with one attached hydrogen (secondary N) is 1. The molecule has 2 saturated heterocycles. The largest absolute Gasteiger partial charge is 0.455 e. The predicted molar refractivity (Wildman–Crippen MR) is 145 cm³/mol. The minimum Gasteiger partial charge on any atom is -0.455 e. The van der Waals surface area contributed by atoms with Gasteiger partial charge < -0.3 is 9.73 Å². The Labute approximate surface area is 220 Å². The van der Waals surface area contributed by atoms with Crippen LogP contribution >= 0.6 is 0 Å². The van der Waals surface area contributed by atoms with Gasteiger partial charge in [-0.15, -0.1) is 0 Å². The molecule has 1 N–H and O–H groups in total. The van der Waals surface area contributed by atoms with Crippen molar-refractivity contribution in [2.75, 3.05) is 20.1 Å². The van der Waals surface area contributed by atoms with Crippen molar-refractivity contribution in [3.05, 3.63) is 83.7 Å². The maximum atomic E-state index is 13.5. The first-order valence-electron chi connectivity index (χ1n) is 13.4. The molecule has 0 radical (unpaired) electrons. The van der Waals surface area contributed by atoms with E-state index in [0.29, 0.717) is 51.7 Å². The Morgan fingerprint density at radius 3 is 2.50 bits per heavy atom. The number of Topliss-reactive ketones (excluding diaryl/α,β-unsaturated/α-hetero) is 1. The van der Waals surface area contributed by atoms with Crippen molar-refractivity contribution >= 4 is 22.7 Å². The second-order valence-electron chi connectivity index (χ2n) is 11.0. The molecule has 3 aromatic carbocycles. The third kappa shape index (κ3) is 3.47. The van der Waals surface area contributed by atoms with E-state index in [1.165, 1.54) is 37.9 Å². The van der Waals surface area contributed by atoms with Gasteiger partial charge in [-0.2, -0.15) is 0 Å². The molecule has 1 saturated carbocycles. The molecular weight excluding hydrogens is 479 g/mol. The summed E-state index contributed by atoms with van der Waals surface area (Å²) in [7, 11) is 1.58. The minimum atomic E-state index is -0.354. The highest BCUT2D eigenvalue weighted by Gasteiger charge is 2.63. The molecule has 5 nitrogen and oxygen atoms in total. The summed E-state index contributed by atoms with van der Waals surface area (Å²) in [6, 6.07) is 19.4. The van der Waals surface area contributed by atoms with Gasteiger partial charge in [0.25, 0.3) is 5.91 Å². The SMILES string of the molecule is CNC(=O)c1c(-c2ccc(F)cc2)oc2ccc(-c3cccc(C(=O)CC4CN5CCC56CCC46)c3)cc12. The van der Waals surface area contributed by atoms with Gasteiger partial charge >= 0.3 is 0 Å². The quantitative estimate of drug-likeness (QED) is 0.310. The molecule has 3 heterocycles. The molecule has 3 unspecified atom stereocenters. The number of halogens is 1. The maximum Gasteiger partial charge on any atom is 0.255 e. The zero-order chi connectivity index (χ0) is 26.0. The first-order chi connectivity index (χ1) is 18.5. The van der Waals surface area contributed by atoms with E-state index in [1.807, 2.05) is 42.5 Å². The Balaban J connectivity index is 1.21. The molecule has 1 aliphatic carbocycles. The van der Waals surface area contributed by atoms with Gasteiger partial charge in [-0.3, -0.25) is 14.5 Å². The highest BCUT2D eigenvalue weighted by atomic mass is 19.1. The van der Waals surface area contributed by atoms with Crippen molar-refractivity contribution in [2.45, 2.75) is 31.2 Å². The molecule has 1 aromatic heterocycles. The van der Waals surface area contributed by atoms with Crippen LogP contribution in [0.15, 0.2) is 71.1 Å². The Hall–Kier alpha value is -3.77. The number of nitrogens with zero attached hydrogens (tertiary/aromatic N) is 1. The molecule has 7 rings (SSSR count). The summed E-state index contributed by atoms with van der Waals surface area (Å²) < 4.78 is 19.6. The molecule has 6 heteroatoms. The van der Waals surface area contributed by atoms with E-state index in [-0.39, 0.29) is 17.5 Å². The van der Waals surface area contributed by atoms with Crippen molar-refractivity contribution < 1.29 is 18.4 Å². The Morgan fingerprint density at radius 1 is 1.03 bits per heavy atom. The lowest BCUT2D eigenvalue weighted by atomic mass is 9.59. The van der Waals surface area contributed by atoms with Crippen molar-refractivity contribution in [1.82, 2.24) is 10.2 Å². The lowest BCUT2D eigenvalue weighted by Crippen LogP contribution is -2.63. The third-order valence-corrected chi connectivity index (χ3v) is 9.26. The van der Waals surface area contributed by atoms with Crippen LogP contribution in [0.2, 0.25) is 0 Å². The summed E-state index contributed by atoms with van der Waals surface area (Å²) in [5, 5.41) is 3.37. The predicted octanol–water partition coefficient (Wildman–Crippen LogP) is 6.32. The molecule has 3 atom stereocenters. The number of fused-ring (bicyclic) bond motifs is 1. The Bertz CT molecular complexity index is 1590. The minimum absolute atomic E-state index is 0.204. The van der Waals surface area contributed by atoms with Gasteiger partial charge in [-0.25, -0.2) is 4.39 Å². The van der Waals surface area contributed by atoms with Crippen molar-refractivity contribution in [2.24, 2.45) is 11.8 Å². The van der Waals surface area contributed by atoms with Gasteiger partial charge in [0, 0.05) is 48.6 Å². The Morgan fingerprint density at radius 2 is 1.82 bits per heavy atom. The first-order valence-corrected chi connectivity index (χ1v) is 13.4. The lowest BCUT2D eigenvalue weighted by molar-refractivity contribution is -0.0695. The van der Waals surface area contributed by atoms with Crippen molar-refractivity contribution in [3.63, 3.8) is 0 Å². The Kier molecular flexibility index (Phi) is 5.31. The van der Waals surface area contributed by atoms with Crippen LogP contribution in [0.1, 0.15) is 46.4 Å². The van der Waals surface area contributed by atoms with Gasteiger partial charge in [0.1, 0.15) is 17.2 Å². The average Bonchev–Trinajstić information content (AvgIpc) is 3.34. The summed E-state index contributed by atoms with van der Waals surface area (Å²) >= 11 is 0. The zero-order valence-corrected chi connectivity index (χ0v) is 21.3. The molecule has 192 valence electrons. The average molecular weight is 509 g/mol. The molecule has 1 spiro atoms. The standard InChI is InChI=1S/C32H29FN2O3/c1-34-31(37)29-25-16-21(7-10-28(25)38-30(29)19-5-8-24(33)9-6-19)20-3-2-4-22(15-20)27(36)17-23-18-35-14-13-32(35)12-11-26(23)32/h2-10,15-16,23,26H,11-14,17-18H2,1H3,(H,34,37). The van der Waals surface area contributed by atoms with Crippen LogP contribution in [0.3, 0.4) is 0 Å². The second-order valence-corrected chi connectivity index (χ2v) is 11.0. The molecule has 0 bridgehead atoms. The number of benzene rings is 3. The summed E-state index contributed by atoms with van der Waals surface area (Å²) in [6.07, 6.45) is 4.46. The molecule has 1 amide bonds. The molecule has 3 aliphatic rings. The summed E-state index contributed by atoms with van der Waals surface area (Å²) in [6.45, 7) is 2.25. The summed E-state index contributed by atoms with van der Waals surface area (Å²) in [4.78, 5) is 28.9. The van der Waals surface area contributed by atoms with E-state index in [4.69, 9.17) is 4.42 Å².